The molecule has 0 aliphatic carbocycles. The second-order valence-electron chi connectivity index (χ2n) is 4.46. The highest BCUT2D eigenvalue weighted by Gasteiger charge is 2.19. The van der Waals surface area contributed by atoms with Crippen LogP contribution in [0, 0.1) is 18.6 Å². The molecule has 1 amide bonds. The van der Waals surface area contributed by atoms with E-state index in [9.17, 15) is 18.4 Å². The molecule has 0 unspecified atom stereocenters. The fourth-order valence-corrected chi connectivity index (χ4v) is 1.79. The first-order chi connectivity index (χ1) is 10.4. The van der Waals surface area contributed by atoms with Crippen LogP contribution in [0.1, 0.15) is 21.8 Å². The van der Waals surface area contributed by atoms with E-state index in [4.69, 9.17) is 4.52 Å². The van der Waals surface area contributed by atoms with Crippen molar-refractivity contribution in [2.75, 3.05) is 12.4 Å². The molecule has 0 bridgehead atoms. The number of halogens is 2. The second-order valence-corrected chi connectivity index (χ2v) is 4.46. The molecule has 0 aliphatic rings. The fourth-order valence-electron chi connectivity index (χ4n) is 1.79. The first-order valence-electron chi connectivity index (χ1n) is 6.20. The standard InChI is InChI=1S/C14H12F2N2O4/c1-7-3-8(18-22-7)4-13(19)17-12-6-11(16)10(15)5-9(12)14(20)21-2/h3,5-6H,4H2,1-2H3,(H,17,19). The summed E-state index contributed by atoms with van der Waals surface area (Å²) in [6, 6.07) is 2.94. The number of amides is 1. The van der Waals surface area contributed by atoms with Gasteiger partial charge in [-0.2, -0.15) is 0 Å². The van der Waals surface area contributed by atoms with Gasteiger partial charge in [0.15, 0.2) is 11.6 Å². The average molecular weight is 310 g/mol. The summed E-state index contributed by atoms with van der Waals surface area (Å²) in [6.45, 7) is 1.67. The average Bonchev–Trinajstić information content (AvgIpc) is 2.86. The summed E-state index contributed by atoms with van der Waals surface area (Å²) >= 11 is 0. The normalized spacial score (nSPS) is 10.4. The predicted octanol–water partition coefficient (Wildman–Crippen LogP) is 2.23. The van der Waals surface area contributed by atoms with Crippen LogP contribution in [-0.2, 0) is 16.0 Å². The van der Waals surface area contributed by atoms with Crippen LogP contribution in [0.2, 0.25) is 0 Å². The molecule has 8 heteroatoms. The lowest BCUT2D eigenvalue weighted by molar-refractivity contribution is -0.115. The van der Waals surface area contributed by atoms with Gasteiger partial charge in [-0.05, 0) is 13.0 Å². The van der Waals surface area contributed by atoms with Crippen molar-refractivity contribution >= 4 is 17.6 Å². The molecule has 116 valence electrons. The number of aryl methyl sites for hydroxylation is 1. The summed E-state index contributed by atoms with van der Waals surface area (Å²) < 4.78 is 35.8. The van der Waals surface area contributed by atoms with Crippen molar-refractivity contribution in [1.29, 1.82) is 0 Å². The molecule has 2 rings (SSSR count). The van der Waals surface area contributed by atoms with E-state index in [2.05, 4.69) is 15.2 Å². The number of nitrogens with zero attached hydrogens (tertiary/aromatic N) is 1. The number of hydrogen-bond acceptors (Lipinski definition) is 5. The number of anilines is 1. The molecule has 2 aromatic rings. The summed E-state index contributed by atoms with van der Waals surface area (Å²) in [7, 11) is 1.09. The second kappa shape index (κ2) is 6.33. The lowest BCUT2D eigenvalue weighted by Gasteiger charge is -2.10. The Kier molecular flexibility index (Phi) is 4.50. The number of hydrogen-bond donors (Lipinski definition) is 1. The largest absolute Gasteiger partial charge is 0.465 e. The van der Waals surface area contributed by atoms with Crippen LogP contribution in [0.25, 0.3) is 0 Å². The highest BCUT2D eigenvalue weighted by atomic mass is 19.2. The highest BCUT2D eigenvalue weighted by Crippen LogP contribution is 2.21. The van der Waals surface area contributed by atoms with E-state index in [0.717, 1.165) is 7.11 Å². The molecule has 0 aliphatic heterocycles. The number of nitrogens with one attached hydrogen (secondary N) is 1. The molecule has 1 heterocycles. The highest BCUT2D eigenvalue weighted by molar-refractivity contribution is 6.01. The zero-order chi connectivity index (χ0) is 16.3. The van der Waals surface area contributed by atoms with Crippen molar-refractivity contribution in [2.45, 2.75) is 13.3 Å². The van der Waals surface area contributed by atoms with Crippen LogP contribution in [0.5, 0.6) is 0 Å². The SMILES string of the molecule is COC(=O)c1cc(F)c(F)cc1NC(=O)Cc1cc(C)on1. The van der Waals surface area contributed by atoms with E-state index >= 15 is 0 Å². The van der Waals surface area contributed by atoms with Crippen LogP contribution in [0.15, 0.2) is 22.7 Å². The minimum absolute atomic E-state index is 0.142. The van der Waals surface area contributed by atoms with E-state index in [1.54, 1.807) is 13.0 Å². The Balaban J connectivity index is 2.22. The third-order valence-corrected chi connectivity index (χ3v) is 2.76. The number of rotatable bonds is 4. The quantitative estimate of drug-likeness (QED) is 0.876. The molecule has 0 saturated carbocycles. The maximum Gasteiger partial charge on any atom is 0.340 e. The van der Waals surface area contributed by atoms with E-state index in [-0.39, 0.29) is 17.7 Å². The zero-order valence-corrected chi connectivity index (χ0v) is 11.8. The third kappa shape index (κ3) is 3.46. The number of ether oxygens (including phenoxy) is 1. The summed E-state index contributed by atoms with van der Waals surface area (Å²) in [5.41, 5.74) is -0.0979. The van der Waals surface area contributed by atoms with Gasteiger partial charge in [-0.1, -0.05) is 5.16 Å². The summed E-state index contributed by atoms with van der Waals surface area (Å²) in [5, 5.41) is 5.96. The Morgan fingerprint density at radius 3 is 2.55 bits per heavy atom. The van der Waals surface area contributed by atoms with E-state index < -0.39 is 23.5 Å². The van der Waals surface area contributed by atoms with Gasteiger partial charge in [0.05, 0.1) is 30.5 Å². The van der Waals surface area contributed by atoms with Crippen molar-refractivity contribution in [2.24, 2.45) is 0 Å². The monoisotopic (exact) mass is 310 g/mol. The minimum atomic E-state index is -1.22. The van der Waals surface area contributed by atoms with Gasteiger partial charge in [-0.25, -0.2) is 13.6 Å². The molecule has 0 radical (unpaired) electrons. The Morgan fingerprint density at radius 2 is 1.95 bits per heavy atom. The third-order valence-electron chi connectivity index (χ3n) is 2.76. The Labute approximate surface area is 124 Å². The van der Waals surface area contributed by atoms with Gasteiger partial charge < -0.3 is 14.6 Å². The lowest BCUT2D eigenvalue weighted by Crippen LogP contribution is -2.18. The number of esters is 1. The van der Waals surface area contributed by atoms with Gasteiger partial charge in [0.1, 0.15) is 5.76 Å². The molecular weight excluding hydrogens is 298 g/mol. The van der Waals surface area contributed by atoms with Crippen molar-refractivity contribution in [3.05, 3.63) is 46.9 Å². The minimum Gasteiger partial charge on any atom is -0.465 e. The van der Waals surface area contributed by atoms with E-state index in [1.807, 2.05) is 0 Å². The molecule has 0 fully saturated rings. The molecule has 1 N–H and O–H groups in total. The van der Waals surface area contributed by atoms with Gasteiger partial charge in [-0.3, -0.25) is 4.79 Å². The van der Waals surface area contributed by atoms with Gasteiger partial charge in [-0.15, -0.1) is 0 Å². The number of methoxy groups -OCH3 is 1. The Hall–Kier alpha value is -2.77. The van der Waals surface area contributed by atoms with Crippen molar-refractivity contribution < 1.29 is 27.6 Å². The molecular formula is C14H12F2N2O4. The molecule has 6 nitrogen and oxygen atoms in total. The van der Waals surface area contributed by atoms with Gasteiger partial charge in [0.25, 0.3) is 0 Å². The van der Waals surface area contributed by atoms with Gasteiger partial charge in [0, 0.05) is 12.1 Å². The van der Waals surface area contributed by atoms with Crippen LogP contribution >= 0.6 is 0 Å². The molecule has 0 atom stereocenters. The lowest BCUT2D eigenvalue weighted by atomic mass is 10.1. The smallest absolute Gasteiger partial charge is 0.340 e. The number of carbonyl (C=O) groups is 2. The number of benzene rings is 1. The van der Waals surface area contributed by atoms with Crippen LogP contribution < -0.4 is 5.32 Å². The van der Waals surface area contributed by atoms with Crippen LogP contribution in [-0.4, -0.2) is 24.1 Å². The number of carbonyl (C=O) groups excluding carboxylic acids is 2. The van der Waals surface area contributed by atoms with Crippen LogP contribution in [0.4, 0.5) is 14.5 Å². The van der Waals surface area contributed by atoms with Gasteiger partial charge >= 0.3 is 5.97 Å². The maximum absolute atomic E-state index is 13.3. The van der Waals surface area contributed by atoms with E-state index in [1.165, 1.54) is 0 Å². The van der Waals surface area contributed by atoms with Crippen molar-refractivity contribution in [3.8, 4) is 0 Å². The van der Waals surface area contributed by atoms with Crippen molar-refractivity contribution in [1.82, 2.24) is 5.16 Å². The van der Waals surface area contributed by atoms with Gasteiger partial charge in [0.2, 0.25) is 5.91 Å². The molecule has 0 spiro atoms. The van der Waals surface area contributed by atoms with E-state index in [0.29, 0.717) is 23.6 Å². The predicted molar refractivity (Wildman–Crippen MR) is 71.3 cm³/mol. The Morgan fingerprint density at radius 1 is 1.27 bits per heavy atom. The summed E-state index contributed by atoms with van der Waals surface area (Å²) in [5.74, 6) is -3.34. The molecule has 22 heavy (non-hydrogen) atoms. The first-order valence-corrected chi connectivity index (χ1v) is 6.20. The summed E-state index contributed by atoms with van der Waals surface area (Å²) in [4.78, 5) is 23.4. The molecule has 0 saturated heterocycles. The fraction of sp³-hybridized carbons (Fsp3) is 0.214. The van der Waals surface area contributed by atoms with Crippen LogP contribution in [0.3, 0.4) is 0 Å². The zero-order valence-electron chi connectivity index (χ0n) is 11.8. The topological polar surface area (TPSA) is 81.4 Å². The molecule has 1 aromatic heterocycles. The summed E-state index contributed by atoms with van der Waals surface area (Å²) in [6.07, 6.45) is -0.142. The van der Waals surface area contributed by atoms with Crippen molar-refractivity contribution in [3.63, 3.8) is 0 Å². The number of aromatic nitrogens is 1. The Bertz CT molecular complexity index is 728. The molecule has 1 aromatic carbocycles. The first kappa shape index (κ1) is 15.6. The maximum atomic E-state index is 13.3.